The second-order valence-corrected chi connectivity index (χ2v) is 6.80. The highest BCUT2D eigenvalue weighted by Gasteiger charge is 2.36. The Morgan fingerprint density at radius 3 is 2.47 bits per heavy atom. The first kappa shape index (κ1) is 13.4. The third-order valence-electron chi connectivity index (χ3n) is 4.45. The average molecular weight is 238 g/mol. The standard InChI is InChI=1S/C15H30N2/c1-12(2)9-17-10-14-7-5-6-8-16(14)11-15(17)13(3)4/h12-15H,5-11H2,1-4H3. The highest BCUT2D eigenvalue weighted by Crippen LogP contribution is 2.27. The average Bonchev–Trinajstić information content (AvgIpc) is 2.27. The van der Waals surface area contributed by atoms with E-state index in [0.717, 1.165) is 23.9 Å². The van der Waals surface area contributed by atoms with Gasteiger partial charge in [0.25, 0.3) is 0 Å². The zero-order chi connectivity index (χ0) is 12.4. The first-order valence-electron chi connectivity index (χ1n) is 7.56. The molecule has 2 nitrogen and oxygen atoms in total. The van der Waals surface area contributed by atoms with E-state index in [1.54, 1.807) is 0 Å². The van der Waals surface area contributed by atoms with Crippen LogP contribution in [0.5, 0.6) is 0 Å². The maximum absolute atomic E-state index is 2.78. The topological polar surface area (TPSA) is 6.48 Å². The summed E-state index contributed by atoms with van der Waals surface area (Å²) < 4.78 is 0. The molecule has 0 saturated carbocycles. The second-order valence-electron chi connectivity index (χ2n) is 6.80. The fraction of sp³-hybridized carbons (Fsp3) is 1.00. The molecule has 0 N–H and O–H groups in total. The van der Waals surface area contributed by atoms with Gasteiger partial charge in [-0.2, -0.15) is 0 Å². The lowest BCUT2D eigenvalue weighted by atomic mass is 9.91. The van der Waals surface area contributed by atoms with E-state index in [9.17, 15) is 0 Å². The highest BCUT2D eigenvalue weighted by molar-refractivity contribution is 4.92. The molecule has 100 valence electrons. The molecule has 2 fully saturated rings. The number of rotatable bonds is 3. The Hall–Kier alpha value is -0.0800. The summed E-state index contributed by atoms with van der Waals surface area (Å²) in [5.74, 6) is 1.59. The van der Waals surface area contributed by atoms with E-state index in [2.05, 4.69) is 37.5 Å². The Bertz CT molecular complexity index is 237. The maximum Gasteiger partial charge on any atom is 0.0247 e. The lowest BCUT2D eigenvalue weighted by Crippen LogP contribution is -2.61. The zero-order valence-electron chi connectivity index (χ0n) is 12.2. The minimum atomic E-state index is 0.784. The Labute approximate surface area is 107 Å². The molecular formula is C15H30N2. The fourth-order valence-corrected chi connectivity index (χ4v) is 3.58. The number of piperazine rings is 1. The summed E-state index contributed by atoms with van der Waals surface area (Å²) in [6, 6.07) is 1.64. The smallest absolute Gasteiger partial charge is 0.0247 e. The van der Waals surface area contributed by atoms with Crippen molar-refractivity contribution in [2.45, 2.75) is 59.0 Å². The molecule has 2 atom stereocenters. The summed E-state index contributed by atoms with van der Waals surface area (Å²) in [6.07, 6.45) is 4.30. The zero-order valence-corrected chi connectivity index (χ0v) is 12.2. The minimum absolute atomic E-state index is 0.784. The summed E-state index contributed by atoms with van der Waals surface area (Å²) in [7, 11) is 0. The van der Waals surface area contributed by atoms with Gasteiger partial charge in [0.05, 0.1) is 0 Å². The number of hydrogen-bond acceptors (Lipinski definition) is 2. The Kier molecular flexibility index (Phi) is 4.48. The van der Waals surface area contributed by atoms with Gasteiger partial charge in [-0.25, -0.2) is 0 Å². The van der Waals surface area contributed by atoms with Crippen LogP contribution in [0.1, 0.15) is 47.0 Å². The first-order valence-corrected chi connectivity index (χ1v) is 7.56. The molecular weight excluding hydrogens is 208 g/mol. The normalized spacial score (nSPS) is 32.1. The van der Waals surface area contributed by atoms with E-state index >= 15 is 0 Å². The molecule has 2 rings (SSSR count). The molecule has 2 aliphatic heterocycles. The number of hydrogen-bond donors (Lipinski definition) is 0. The van der Waals surface area contributed by atoms with Crippen LogP contribution in [0.25, 0.3) is 0 Å². The monoisotopic (exact) mass is 238 g/mol. The van der Waals surface area contributed by atoms with E-state index < -0.39 is 0 Å². The number of nitrogens with zero attached hydrogens (tertiary/aromatic N) is 2. The van der Waals surface area contributed by atoms with Crippen LogP contribution in [0.2, 0.25) is 0 Å². The van der Waals surface area contributed by atoms with Gasteiger partial charge in [0.1, 0.15) is 0 Å². The van der Waals surface area contributed by atoms with E-state index in [-0.39, 0.29) is 0 Å². The SMILES string of the molecule is CC(C)CN1CC2CCCCN2CC1C(C)C. The van der Waals surface area contributed by atoms with Crippen molar-refractivity contribution in [2.75, 3.05) is 26.2 Å². The highest BCUT2D eigenvalue weighted by atomic mass is 15.3. The predicted molar refractivity (Wildman–Crippen MR) is 74.2 cm³/mol. The van der Waals surface area contributed by atoms with Gasteiger partial charge in [-0.05, 0) is 31.2 Å². The first-order chi connectivity index (χ1) is 8.08. The molecule has 0 spiro atoms. The largest absolute Gasteiger partial charge is 0.298 e. The van der Waals surface area contributed by atoms with E-state index in [0.29, 0.717) is 0 Å². The molecule has 17 heavy (non-hydrogen) atoms. The van der Waals surface area contributed by atoms with E-state index in [1.165, 1.54) is 45.4 Å². The molecule has 2 heterocycles. The van der Waals surface area contributed by atoms with Crippen LogP contribution >= 0.6 is 0 Å². The van der Waals surface area contributed by atoms with Gasteiger partial charge < -0.3 is 0 Å². The molecule has 0 aromatic carbocycles. The summed E-state index contributed by atoms with van der Waals surface area (Å²) in [5.41, 5.74) is 0. The van der Waals surface area contributed by atoms with E-state index in [4.69, 9.17) is 0 Å². The Morgan fingerprint density at radius 1 is 1.06 bits per heavy atom. The van der Waals surface area contributed by atoms with Crippen LogP contribution in [0.3, 0.4) is 0 Å². The van der Waals surface area contributed by atoms with Gasteiger partial charge >= 0.3 is 0 Å². The van der Waals surface area contributed by atoms with Crippen LogP contribution in [-0.4, -0.2) is 48.1 Å². The van der Waals surface area contributed by atoms with Gasteiger partial charge in [0.2, 0.25) is 0 Å². The minimum Gasteiger partial charge on any atom is -0.298 e. The second kappa shape index (κ2) is 5.71. The molecule has 0 radical (unpaired) electrons. The summed E-state index contributed by atoms with van der Waals surface area (Å²) in [4.78, 5) is 5.55. The van der Waals surface area contributed by atoms with Crippen molar-refractivity contribution in [3.8, 4) is 0 Å². The molecule has 0 aliphatic carbocycles. The van der Waals surface area contributed by atoms with Gasteiger partial charge in [-0.15, -0.1) is 0 Å². The van der Waals surface area contributed by atoms with Crippen LogP contribution in [0.4, 0.5) is 0 Å². The number of fused-ring (bicyclic) bond motifs is 1. The van der Waals surface area contributed by atoms with Crippen molar-refractivity contribution in [1.82, 2.24) is 9.80 Å². The fourth-order valence-electron chi connectivity index (χ4n) is 3.58. The molecule has 2 heteroatoms. The van der Waals surface area contributed by atoms with Gasteiger partial charge in [-0.1, -0.05) is 34.1 Å². The van der Waals surface area contributed by atoms with Crippen molar-refractivity contribution in [3.63, 3.8) is 0 Å². The summed E-state index contributed by atoms with van der Waals surface area (Å²) in [5, 5.41) is 0. The summed E-state index contributed by atoms with van der Waals surface area (Å²) >= 11 is 0. The van der Waals surface area contributed by atoms with Crippen molar-refractivity contribution < 1.29 is 0 Å². The molecule has 2 saturated heterocycles. The van der Waals surface area contributed by atoms with Gasteiger partial charge in [-0.3, -0.25) is 9.80 Å². The van der Waals surface area contributed by atoms with Crippen molar-refractivity contribution in [1.29, 1.82) is 0 Å². The van der Waals surface area contributed by atoms with Crippen LogP contribution in [0.15, 0.2) is 0 Å². The molecule has 2 aliphatic rings. The Balaban J connectivity index is 2.02. The molecule has 0 aromatic rings. The lowest BCUT2D eigenvalue weighted by molar-refractivity contribution is -0.0125. The van der Waals surface area contributed by atoms with Gasteiger partial charge in [0, 0.05) is 31.7 Å². The number of piperidine rings is 1. The summed E-state index contributed by atoms with van der Waals surface area (Å²) in [6.45, 7) is 14.8. The van der Waals surface area contributed by atoms with Gasteiger partial charge in [0.15, 0.2) is 0 Å². The quantitative estimate of drug-likeness (QED) is 0.746. The van der Waals surface area contributed by atoms with Crippen molar-refractivity contribution in [2.24, 2.45) is 11.8 Å². The maximum atomic E-state index is 2.78. The van der Waals surface area contributed by atoms with Crippen LogP contribution in [0, 0.1) is 11.8 Å². The molecule has 2 unspecified atom stereocenters. The van der Waals surface area contributed by atoms with E-state index in [1.807, 2.05) is 0 Å². The predicted octanol–water partition coefficient (Wildman–Crippen LogP) is 2.84. The molecule has 0 amide bonds. The van der Waals surface area contributed by atoms with Crippen molar-refractivity contribution >= 4 is 0 Å². The van der Waals surface area contributed by atoms with Crippen LogP contribution < -0.4 is 0 Å². The Morgan fingerprint density at radius 2 is 1.82 bits per heavy atom. The lowest BCUT2D eigenvalue weighted by Gasteiger charge is -2.50. The van der Waals surface area contributed by atoms with Crippen LogP contribution in [-0.2, 0) is 0 Å². The third kappa shape index (κ3) is 3.23. The molecule has 0 aromatic heterocycles. The van der Waals surface area contributed by atoms with Crippen molar-refractivity contribution in [3.05, 3.63) is 0 Å². The molecule has 0 bridgehead atoms. The third-order valence-corrected chi connectivity index (χ3v) is 4.45.